The standard InChI is InChI=1S/C18H17BrFNOS/c19-14-5-8-17(22-12-13-3-6-15(20)7-4-13)16(11-14)18(23)21-9-1-2-10-21/h3-8,11H,1-2,9-10,12H2. The van der Waals surface area contributed by atoms with Crippen LogP contribution in [-0.4, -0.2) is 23.0 Å². The second-order valence-corrected chi connectivity index (χ2v) is 6.86. The number of thiocarbonyl (C=S) groups is 1. The number of rotatable bonds is 4. The fourth-order valence-corrected chi connectivity index (χ4v) is 3.33. The molecule has 2 aromatic carbocycles. The van der Waals surface area contributed by atoms with Crippen LogP contribution in [-0.2, 0) is 6.61 Å². The Morgan fingerprint density at radius 3 is 2.52 bits per heavy atom. The van der Waals surface area contributed by atoms with Crippen molar-refractivity contribution in [1.82, 2.24) is 4.90 Å². The van der Waals surface area contributed by atoms with Crippen LogP contribution in [0.25, 0.3) is 0 Å². The molecule has 0 radical (unpaired) electrons. The minimum Gasteiger partial charge on any atom is -0.488 e. The van der Waals surface area contributed by atoms with Gasteiger partial charge < -0.3 is 9.64 Å². The Morgan fingerprint density at radius 1 is 1.13 bits per heavy atom. The molecule has 0 spiro atoms. The first-order valence-electron chi connectivity index (χ1n) is 7.59. The molecule has 0 unspecified atom stereocenters. The second kappa shape index (κ2) is 7.41. The monoisotopic (exact) mass is 393 g/mol. The summed E-state index contributed by atoms with van der Waals surface area (Å²) in [5, 5.41) is 0. The lowest BCUT2D eigenvalue weighted by atomic mass is 10.2. The van der Waals surface area contributed by atoms with Crippen LogP contribution in [0.4, 0.5) is 4.39 Å². The van der Waals surface area contributed by atoms with Gasteiger partial charge in [-0.05, 0) is 48.7 Å². The summed E-state index contributed by atoms with van der Waals surface area (Å²) in [4.78, 5) is 3.06. The summed E-state index contributed by atoms with van der Waals surface area (Å²) >= 11 is 9.15. The molecule has 1 saturated heterocycles. The van der Waals surface area contributed by atoms with Gasteiger partial charge in [0.1, 0.15) is 23.2 Å². The smallest absolute Gasteiger partial charge is 0.130 e. The molecule has 1 aliphatic heterocycles. The fraction of sp³-hybridized carbons (Fsp3) is 0.278. The van der Waals surface area contributed by atoms with Crippen molar-refractivity contribution < 1.29 is 9.13 Å². The highest BCUT2D eigenvalue weighted by Gasteiger charge is 2.19. The summed E-state index contributed by atoms with van der Waals surface area (Å²) < 4.78 is 19.9. The fourth-order valence-electron chi connectivity index (χ4n) is 2.63. The van der Waals surface area contributed by atoms with E-state index >= 15 is 0 Å². The van der Waals surface area contributed by atoms with E-state index in [0.717, 1.165) is 39.4 Å². The summed E-state index contributed by atoms with van der Waals surface area (Å²) in [6.45, 7) is 2.39. The summed E-state index contributed by atoms with van der Waals surface area (Å²) in [5.41, 5.74) is 1.85. The van der Waals surface area contributed by atoms with Crippen molar-refractivity contribution >= 4 is 33.1 Å². The average Bonchev–Trinajstić information content (AvgIpc) is 3.09. The molecule has 3 rings (SSSR count). The predicted molar refractivity (Wildman–Crippen MR) is 97.4 cm³/mol. The van der Waals surface area contributed by atoms with E-state index in [1.165, 1.54) is 25.0 Å². The van der Waals surface area contributed by atoms with Crippen molar-refractivity contribution in [1.29, 1.82) is 0 Å². The molecule has 0 aliphatic carbocycles. The molecule has 2 aromatic rings. The highest BCUT2D eigenvalue weighted by atomic mass is 79.9. The normalized spacial score (nSPS) is 14.1. The van der Waals surface area contributed by atoms with E-state index in [4.69, 9.17) is 17.0 Å². The first kappa shape index (κ1) is 16.4. The van der Waals surface area contributed by atoms with Gasteiger partial charge in [-0.2, -0.15) is 0 Å². The van der Waals surface area contributed by atoms with Crippen molar-refractivity contribution in [3.8, 4) is 5.75 Å². The molecule has 0 saturated carbocycles. The molecule has 0 atom stereocenters. The van der Waals surface area contributed by atoms with E-state index < -0.39 is 0 Å². The number of likely N-dealkylation sites (tertiary alicyclic amines) is 1. The number of hydrogen-bond donors (Lipinski definition) is 0. The Hall–Kier alpha value is -1.46. The first-order valence-corrected chi connectivity index (χ1v) is 8.80. The SMILES string of the molecule is Fc1ccc(COc2ccc(Br)cc2C(=S)N2CCCC2)cc1. The number of halogens is 2. The lowest BCUT2D eigenvalue weighted by Crippen LogP contribution is -2.27. The van der Waals surface area contributed by atoms with E-state index in [0.29, 0.717) is 6.61 Å². The minimum atomic E-state index is -0.242. The van der Waals surface area contributed by atoms with Gasteiger partial charge in [-0.25, -0.2) is 4.39 Å². The topological polar surface area (TPSA) is 12.5 Å². The Morgan fingerprint density at radius 2 is 1.83 bits per heavy atom. The summed E-state index contributed by atoms with van der Waals surface area (Å²) in [7, 11) is 0. The van der Waals surface area contributed by atoms with Crippen LogP contribution in [0.3, 0.4) is 0 Å². The van der Waals surface area contributed by atoms with Crippen molar-refractivity contribution in [2.24, 2.45) is 0 Å². The van der Waals surface area contributed by atoms with E-state index in [1.54, 1.807) is 12.1 Å². The van der Waals surface area contributed by atoms with Crippen LogP contribution in [0, 0.1) is 5.82 Å². The summed E-state index contributed by atoms with van der Waals surface area (Å²) in [6, 6.07) is 12.2. The summed E-state index contributed by atoms with van der Waals surface area (Å²) in [6.07, 6.45) is 2.36. The Labute approximate surface area is 149 Å². The van der Waals surface area contributed by atoms with Crippen LogP contribution in [0.5, 0.6) is 5.75 Å². The van der Waals surface area contributed by atoms with Crippen LogP contribution in [0.15, 0.2) is 46.9 Å². The van der Waals surface area contributed by atoms with Crippen molar-refractivity contribution in [2.75, 3.05) is 13.1 Å². The van der Waals surface area contributed by atoms with Crippen LogP contribution >= 0.6 is 28.1 Å². The average molecular weight is 394 g/mol. The molecule has 0 aromatic heterocycles. The van der Waals surface area contributed by atoms with Crippen LogP contribution in [0.1, 0.15) is 24.0 Å². The quantitative estimate of drug-likeness (QED) is 0.682. The van der Waals surface area contributed by atoms with Crippen LogP contribution < -0.4 is 4.74 Å². The van der Waals surface area contributed by atoms with Gasteiger partial charge in [-0.15, -0.1) is 0 Å². The highest BCUT2D eigenvalue weighted by molar-refractivity contribution is 9.10. The molecule has 2 nitrogen and oxygen atoms in total. The van der Waals surface area contributed by atoms with Gasteiger partial charge in [0.15, 0.2) is 0 Å². The van der Waals surface area contributed by atoms with E-state index in [2.05, 4.69) is 20.8 Å². The van der Waals surface area contributed by atoms with Crippen molar-refractivity contribution in [3.05, 3.63) is 63.9 Å². The maximum atomic E-state index is 13.0. The number of hydrogen-bond acceptors (Lipinski definition) is 2. The largest absolute Gasteiger partial charge is 0.488 e. The van der Waals surface area contributed by atoms with E-state index in [1.807, 2.05) is 18.2 Å². The Kier molecular flexibility index (Phi) is 5.28. The van der Waals surface area contributed by atoms with Gasteiger partial charge in [0.25, 0.3) is 0 Å². The maximum absolute atomic E-state index is 13.0. The van der Waals surface area contributed by atoms with Gasteiger partial charge in [-0.1, -0.05) is 40.3 Å². The zero-order chi connectivity index (χ0) is 16.2. The lowest BCUT2D eigenvalue weighted by Gasteiger charge is -2.21. The van der Waals surface area contributed by atoms with Crippen LogP contribution in [0.2, 0.25) is 0 Å². The number of benzene rings is 2. The maximum Gasteiger partial charge on any atom is 0.130 e. The molecule has 23 heavy (non-hydrogen) atoms. The summed E-state index contributed by atoms with van der Waals surface area (Å²) in [5.74, 6) is 0.516. The lowest BCUT2D eigenvalue weighted by molar-refractivity contribution is 0.305. The molecule has 1 aliphatic rings. The molecule has 0 bridgehead atoms. The molecule has 0 N–H and O–H groups in total. The third kappa shape index (κ3) is 4.09. The van der Waals surface area contributed by atoms with Gasteiger partial charge in [0.2, 0.25) is 0 Å². The number of nitrogens with zero attached hydrogens (tertiary/aromatic N) is 1. The third-order valence-corrected chi connectivity index (χ3v) is 4.84. The molecular weight excluding hydrogens is 377 g/mol. The van der Waals surface area contributed by atoms with E-state index in [9.17, 15) is 4.39 Å². The third-order valence-electron chi connectivity index (χ3n) is 3.87. The second-order valence-electron chi connectivity index (χ2n) is 5.55. The molecular formula is C18H17BrFNOS. The zero-order valence-corrected chi connectivity index (χ0v) is 15.0. The predicted octanol–water partition coefficient (Wildman–Crippen LogP) is 4.94. The van der Waals surface area contributed by atoms with Gasteiger partial charge in [-0.3, -0.25) is 0 Å². The van der Waals surface area contributed by atoms with Gasteiger partial charge in [0.05, 0.1) is 5.56 Å². The zero-order valence-electron chi connectivity index (χ0n) is 12.6. The Bertz CT molecular complexity index is 699. The Balaban J connectivity index is 1.78. The first-order chi connectivity index (χ1) is 11.1. The van der Waals surface area contributed by atoms with Crippen molar-refractivity contribution in [2.45, 2.75) is 19.4 Å². The molecule has 0 amide bonds. The molecule has 1 heterocycles. The number of ether oxygens (including phenoxy) is 1. The van der Waals surface area contributed by atoms with Gasteiger partial charge >= 0.3 is 0 Å². The van der Waals surface area contributed by atoms with Crippen molar-refractivity contribution in [3.63, 3.8) is 0 Å². The minimum absolute atomic E-state index is 0.242. The molecule has 5 heteroatoms. The van der Waals surface area contributed by atoms with E-state index in [-0.39, 0.29) is 5.82 Å². The molecule has 120 valence electrons. The molecule has 1 fully saturated rings. The van der Waals surface area contributed by atoms with Gasteiger partial charge in [0, 0.05) is 17.6 Å². The highest BCUT2D eigenvalue weighted by Crippen LogP contribution is 2.27.